The van der Waals surface area contributed by atoms with Crippen molar-refractivity contribution < 1.29 is 35.0 Å². The molecule has 10 heteroatoms. The Hall–Kier alpha value is -2.82. The van der Waals surface area contributed by atoms with Crippen LogP contribution >= 0.6 is 0 Å². The number of ether oxygens (including phenoxy) is 2. The second-order valence-electron chi connectivity index (χ2n) is 7.35. The summed E-state index contributed by atoms with van der Waals surface area (Å²) in [6, 6.07) is 13.6. The topological polar surface area (TPSA) is 78.6 Å². The second-order valence-corrected chi connectivity index (χ2v) is 9.53. The fraction of sp³-hybridized carbons (Fsp3) is 0.273. The Balaban J connectivity index is 1.96. The maximum absolute atomic E-state index is 13.1. The Morgan fingerprint density at radius 3 is 2.47 bits per heavy atom. The van der Waals surface area contributed by atoms with E-state index in [9.17, 15) is 21.6 Å². The molecule has 172 valence electrons. The van der Waals surface area contributed by atoms with E-state index in [0.29, 0.717) is 28.4 Å². The maximum Gasteiger partial charge on any atom is 0.408 e. The van der Waals surface area contributed by atoms with Gasteiger partial charge >= 0.3 is 16.2 Å². The summed E-state index contributed by atoms with van der Waals surface area (Å²) in [5.41, 5.74) is 6.59. The summed E-state index contributed by atoms with van der Waals surface area (Å²) in [6.07, 6.45) is -0.405. The third-order valence-electron chi connectivity index (χ3n) is 4.93. The molecule has 0 spiro atoms. The lowest BCUT2D eigenvalue weighted by Crippen LogP contribution is -2.52. The molecule has 0 aromatic heterocycles. The van der Waals surface area contributed by atoms with E-state index < -0.39 is 25.8 Å². The predicted octanol–water partition coefficient (Wildman–Crippen LogP) is 4.11. The Morgan fingerprint density at radius 1 is 1.09 bits per heavy atom. The van der Waals surface area contributed by atoms with Crippen LogP contribution in [-0.2, 0) is 16.6 Å². The minimum Gasteiger partial charge on any atom is -0.493 e. The van der Waals surface area contributed by atoms with Crippen molar-refractivity contribution in [2.24, 2.45) is 5.73 Å². The number of para-hydroxylation sites is 2. The van der Waals surface area contributed by atoms with E-state index in [0.717, 1.165) is 0 Å². The first kappa shape index (κ1) is 23.8. The van der Waals surface area contributed by atoms with Crippen molar-refractivity contribution in [3.8, 4) is 17.2 Å². The molecule has 0 amide bonds. The molecule has 1 atom stereocenters. The molecule has 0 fully saturated rings. The number of hydrogen-bond donors (Lipinski definition) is 1. The molecule has 1 heterocycles. The van der Waals surface area contributed by atoms with Gasteiger partial charge in [-0.25, -0.2) is 0 Å². The van der Waals surface area contributed by atoms with Gasteiger partial charge in [0.15, 0.2) is 17.3 Å². The summed E-state index contributed by atoms with van der Waals surface area (Å²) in [4.78, 5) is 0. The zero-order valence-electron chi connectivity index (χ0n) is 17.4. The number of quaternary nitrogens is 1. The number of rotatable bonds is 8. The first-order valence-electron chi connectivity index (χ1n) is 9.72. The third kappa shape index (κ3) is 5.50. The van der Waals surface area contributed by atoms with Gasteiger partial charge in [-0.2, -0.15) is 25.5 Å². The second kappa shape index (κ2) is 9.35. The summed E-state index contributed by atoms with van der Waals surface area (Å²) in [5, 5.41) is 0. The van der Waals surface area contributed by atoms with Crippen molar-refractivity contribution in [2.75, 3.05) is 26.0 Å². The average molecular weight is 470 g/mol. The first-order valence-corrected chi connectivity index (χ1v) is 11.3. The summed E-state index contributed by atoms with van der Waals surface area (Å²) in [5.74, 6) is -0.577. The monoisotopic (exact) mass is 469 g/mol. The number of alkyl halides is 3. The van der Waals surface area contributed by atoms with E-state index in [4.69, 9.17) is 15.2 Å². The SMILES string of the molecule is COc1ccccc1Oc1cccc(C[N+]2(S(=O)(=O)CC(F)(F)F)C=C(CN)C=CC2)c1. The van der Waals surface area contributed by atoms with Crippen LogP contribution < -0.4 is 15.2 Å². The van der Waals surface area contributed by atoms with Gasteiger partial charge in [-0.05, 0) is 30.3 Å². The highest BCUT2D eigenvalue weighted by Crippen LogP contribution is 2.34. The molecule has 32 heavy (non-hydrogen) atoms. The number of nitrogens with two attached hydrogens (primary N) is 1. The minimum atomic E-state index is -4.86. The maximum atomic E-state index is 13.1. The van der Waals surface area contributed by atoms with Gasteiger partial charge in [0, 0.05) is 17.7 Å². The van der Waals surface area contributed by atoms with Crippen molar-refractivity contribution in [1.82, 2.24) is 0 Å². The van der Waals surface area contributed by atoms with Crippen molar-refractivity contribution in [2.45, 2.75) is 12.7 Å². The number of benzene rings is 2. The van der Waals surface area contributed by atoms with Gasteiger partial charge in [0.25, 0.3) is 0 Å². The molecule has 1 aliphatic heterocycles. The molecule has 6 nitrogen and oxygen atoms in total. The zero-order chi connectivity index (χ0) is 23.4. The Bertz CT molecular complexity index is 1130. The van der Waals surface area contributed by atoms with Crippen LogP contribution in [0.4, 0.5) is 13.2 Å². The minimum absolute atomic E-state index is 0.00892. The number of sulfonamides is 1. The summed E-state index contributed by atoms with van der Waals surface area (Å²) >= 11 is 0. The van der Waals surface area contributed by atoms with Crippen LogP contribution in [0, 0.1) is 0 Å². The molecule has 2 aromatic carbocycles. The van der Waals surface area contributed by atoms with Gasteiger partial charge in [-0.15, -0.1) is 0 Å². The number of halogens is 3. The Labute approximate surface area is 185 Å². The van der Waals surface area contributed by atoms with Crippen LogP contribution in [0.3, 0.4) is 0 Å². The number of nitrogens with zero attached hydrogens (tertiary/aromatic N) is 1. The van der Waals surface area contributed by atoms with Crippen molar-refractivity contribution >= 4 is 10.0 Å². The van der Waals surface area contributed by atoms with Crippen LogP contribution in [0.15, 0.2) is 72.5 Å². The van der Waals surface area contributed by atoms with Crippen molar-refractivity contribution in [3.63, 3.8) is 0 Å². The fourth-order valence-electron chi connectivity index (χ4n) is 3.49. The molecular formula is C22H24F3N2O4S+. The lowest BCUT2D eigenvalue weighted by Gasteiger charge is -2.35. The van der Waals surface area contributed by atoms with Gasteiger partial charge in [0.05, 0.1) is 7.11 Å². The highest BCUT2D eigenvalue weighted by Gasteiger charge is 2.48. The molecule has 2 N–H and O–H groups in total. The van der Waals surface area contributed by atoms with Crippen LogP contribution in [0.1, 0.15) is 5.56 Å². The summed E-state index contributed by atoms with van der Waals surface area (Å²) < 4.78 is 75.3. The summed E-state index contributed by atoms with van der Waals surface area (Å²) in [6.45, 7) is -0.343. The lowest BCUT2D eigenvalue weighted by molar-refractivity contribution is -0.761. The van der Waals surface area contributed by atoms with E-state index in [-0.39, 0.29) is 19.6 Å². The van der Waals surface area contributed by atoms with Gasteiger partial charge in [0.1, 0.15) is 25.0 Å². The quantitative estimate of drug-likeness (QED) is 0.589. The van der Waals surface area contributed by atoms with Gasteiger partial charge in [-0.1, -0.05) is 30.3 Å². The summed E-state index contributed by atoms with van der Waals surface area (Å²) in [7, 11) is -3.15. The van der Waals surface area contributed by atoms with Crippen LogP contribution in [0.2, 0.25) is 0 Å². The predicted molar refractivity (Wildman–Crippen MR) is 114 cm³/mol. The van der Waals surface area contributed by atoms with E-state index in [1.807, 2.05) is 0 Å². The van der Waals surface area contributed by atoms with Gasteiger partial charge in [0.2, 0.25) is 0 Å². The largest absolute Gasteiger partial charge is 0.493 e. The smallest absolute Gasteiger partial charge is 0.408 e. The molecule has 0 radical (unpaired) electrons. The van der Waals surface area contributed by atoms with Crippen LogP contribution in [-0.4, -0.2) is 44.4 Å². The zero-order valence-corrected chi connectivity index (χ0v) is 18.2. The van der Waals surface area contributed by atoms with E-state index >= 15 is 0 Å². The number of hydrogen-bond acceptors (Lipinski definition) is 5. The lowest BCUT2D eigenvalue weighted by atomic mass is 10.1. The van der Waals surface area contributed by atoms with Gasteiger partial charge in [-0.3, -0.25) is 0 Å². The molecule has 0 saturated heterocycles. The highest BCUT2D eigenvalue weighted by molar-refractivity contribution is 7.86. The van der Waals surface area contributed by atoms with Crippen LogP contribution in [0.5, 0.6) is 17.2 Å². The van der Waals surface area contributed by atoms with Crippen molar-refractivity contribution in [3.05, 3.63) is 78.0 Å². The molecule has 3 rings (SSSR count). The molecule has 0 bridgehead atoms. The van der Waals surface area contributed by atoms with E-state index in [1.165, 1.54) is 19.4 Å². The molecule has 1 aliphatic rings. The van der Waals surface area contributed by atoms with Crippen molar-refractivity contribution in [1.29, 1.82) is 0 Å². The van der Waals surface area contributed by atoms with E-state index in [2.05, 4.69) is 0 Å². The number of methoxy groups -OCH3 is 1. The van der Waals surface area contributed by atoms with Crippen LogP contribution in [0.25, 0.3) is 0 Å². The Kier molecular flexibility index (Phi) is 6.97. The molecule has 2 aromatic rings. The Morgan fingerprint density at radius 2 is 1.81 bits per heavy atom. The van der Waals surface area contributed by atoms with Gasteiger partial charge < -0.3 is 15.2 Å². The third-order valence-corrected chi connectivity index (χ3v) is 7.11. The first-order chi connectivity index (χ1) is 15.1. The van der Waals surface area contributed by atoms with E-state index in [1.54, 1.807) is 54.6 Å². The molecular weight excluding hydrogens is 445 g/mol. The highest BCUT2D eigenvalue weighted by atomic mass is 32.2. The standard InChI is InChI=1S/C22H24F3N2O4S/c1-30-20-9-2-3-10-21(20)31-19-8-4-6-17(12-19)14-27(11-5-7-18(13-26)15-27)32(28,29)16-22(23,24)25/h2-10,12,15H,11,13-14,16,26H2,1H3/q+1. The average Bonchev–Trinajstić information content (AvgIpc) is 2.73. The molecule has 0 saturated carbocycles. The fourth-order valence-corrected chi connectivity index (χ4v) is 5.11. The normalized spacial score (nSPS) is 18.8. The molecule has 0 aliphatic carbocycles. The molecule has 1 unspecified atom stereocenters.